The van der Waals surface area contributed by atoms with Gasteiger partial charge in [0.15, 0.2) is 0 Å². The van der Waals surface area contributed by atoms with E-state index in [0.717, 1.165) is 43.9 Å². The van der Waals surface area contributed by atoms with Crippen LogP contribution in [0.5, 0.6) is 0 Å². The Morgan fingerprint density at radius 1 is 1.43 bits per heavy atom. The Morgan fingerprint density at radius 2 is 2.24 bits per heavy atom. The van der Waals surface area contributed by atoms with Crippen molar-refractivity contribution in [2.45, 2.75) is 39.4 Å². The molecule has 1 aromatic carbocycles. The summed E-state index contributed by atoms with van der Waals surface area (Å²) in [5.41, 5.74) is 1.91. The molecular weight excluding hydrogens is 267 g/mol. The molecule has 1 unspecified atom stereocenters. The zero-order chi connectivity index (χ0) is 15.2. The van der Waals surface area contributed by atoms with E-state index in [1.165, 1.54) is 0 Å². The first-order valence-corrected chi connectivity index (χ1v) is 7.82. The molecule has 0 spiro atoms. The van der Waals surface area contributed by atoms with Gasteiger partial charge in [0.1, 0.15) is 5.82 Å². The lowest BCUT2D eigenvalue weighted by atomic mass is 10.1. The molecule has 1 heterocycles. The molecule has 1 atom stereocenters. The standard InChI is InChI=1S/C17H27FN2O/c1-13(2)9-19-10-14-4-5-17(18)15(8-14)11-20(3)16-6-7-21-12-16/h4-5,8,13,16,19H,6-7,9-12H2,1-3H3. The van der Waals surface area contributed by atoms with E-state index < -0.39 is 0 Å². The van der Waals surface area contributed by atoms with E-state index in [9.17, 15) is 4.39 Å². The molecule has 0 aliphatic carbocycles. The van der Waals surface area contributed by atoms with Gasteiger partial charge in [-0.25, -0.2) is 4.39 Å². The van der Waals surface area contributed by atoms with E-state index in [2.05, 4.69) is 24.1 Å². The van der Waals surface area contributed by atoms with Gasteiger partial charge in [-0.3, -0.25) is 4.90 Å². The number of benzene rings is 1. The zero-order valence-electron chi connectivity index (χ0n) is 13.4. The SMILES string of the molecule is CC(C)CNCc1ccc(F)c(CN(C)C2CCOC2)c1. The molecule has 0 saturated carbocycles. The smallest absolute Gasteiger partial charge is 0.127 e. The second-order valence-corrected chi connectivity index (χ2v) is 6.38. The second kappa shape index (κ2) is 7.87. The molecule has 0 amide bonds. The average Bonchev–Trinajstić information content (AvgIpc) is 2.96. The third-order valence-corrected chi connectivity index (χ3v) is 3.94. The molecule has 0 radical (unpaired) electrons. The fourth-order valence-electron chi connectivity index (χ4n) is 2.63. The topological polar surface area (TPSA) is 24.5 Å². The third-order valence-electron chi connectivity index (χ3n) is 3.94. The van der Waals surface area contributed by atoms with Crippen LogP contribution in [0, 0.1) is 11.7 Å². The Balaban J connectivity index is 1.94. The first-order valence-electron chi connectivity index (χ1n) is 7.82. The molecule has 1 aromatic rings. The first kappa shape index (κ1) is 16.4. The van der Waals surface area contributed by atoms with Crippen LogP contribution in [-0.4, -0.2) is 37.7 Å². The van der Waals surface area contributed by atoms with Crippen molar-refractivity contribution >= 4 is 0 Å². The van der Waals surface area contributed by atoms with E-state index in [0.29, 0.717) is 18.5 Å². The van der Waals surface area contributed by atoms with Crippen molar-refractivity contribution in [2.24, 2.45) is 5.92 Å². The lowest BCUT2D eigenvalue weighted by Crippen LogP contribution is -2.31. The van der Waals surface area contributed by atoms with Gasteiger partial charge in [-0.15, -0.1) is 0 Å². The number of hydrogen-bond donors (Lipinski definition) is 1. The molecule has 4 heteroatoms. The van der Waals surface area contributed by atoms with Crippen molar-refractivity contribution in [1.29, 1.82) is 0 Å². The molecule has 2 rings (SSSR count). The van der Waals surface area contributed by atoms with Crippen molar-refractivity contribution in [3.63, 3.8) is 0 Å². The largest absolute Gasteiger partial charge is 0.380 e. The van der Waals surface area contributed by atoms with Gasteiger partial charge in [-0.1, -0.05) is 26.0 Å². The quantitative estimate of drug-likeness (QED) is 0.837. The molecule has 0 bridgehead atoms. The van der Waals surface area contributed by atoms with Crippen LogP contribution < -0.4 is 5.32 Å². The highest BCUT2D eigenvalue weighted by Crippen LogP contribution is 2.17. The summed E-state index contributed by atoms with van der Waals surface area (Å²) in [6, 6.07) is 5.84. The molecule has 21 heavy (non-hydrogen) atoms. The Kier molecular flexibility index (Phi) is 6.15. The van der Waals surface area contributed by atoms with Gasteiger partial charge < -0.3 is 10.1 Å². The van der Waals surface area contributed by atoms with Crippen LogP contribution in [0.4, 0.5) is 4.39 Å². The van der Waals surface area contributed by atoms with Crippen LogP contribution in [0.25, 0.3) is 0 Å². The van der Waals surface area contributed by atoms with Gasteiger partial charge in [0.2, 0.25) is 0 Å². The van der Waals surface area contributed by atoms with Crippen molar-refractivity contribution in [2.75, 3.05) is 26.8 Å². The maximum Gasteiger partial charge on any atom is 0.127 e. The summed E-state index contributed by atoms with van der Waals surface area (Å²) in [6.07, 6.45) is 1.04. The number of nitrogens with one attached hydrogen (secondary N) is 1. The van der Waals surface area contributed by atoms with Crippen LogP contribution in [-0.2, 0) is 17.8 Å². The lowest BCUT2D eigenvalue weighted by molar-refractivity contribution is 0.155. The second-order valence-electron chi connectivity index (χ2n) is 6.38. The van der Waals surface area contributed by atoms with Crippen molar-refractivity contribution in [1.82, 2.24) is 10.2 Å². The van der Waals surface area contributed by atoms with Gasteiger partial charge in [0.05, 0.1) is 6.61 Å². The van der Waals surface area contributed by atoms with Gasteiger partial charge in [0, 0.05) is 31.3 Å². The van der Waals surface area contributed by atoms with Crippen molar-refractivity contribution in [3.8, 4) is 0 Å². The molecule has 1 aliphatic rings. The highest BCUT2D eigenvalue weighted by atomic mass is 19.1. The van der Waals surface area contributed by atoms with Gasteiger partial charge in [0.25, 0.3) is 0 Å². The maximum absolute atomic E-state index is 14.0. The molecule has 1 fully saturated rings. The van der Waals surface area contributed by atoms with Crippen LogP contribution >= 0.6 is 0 Å². The van der Waals surface area contributed by atoms with E-state index in [1.54, 1.807) is 6.07 Å². The fraction of sp³-hybridized carbons (Fsp3) is 0.647. The summed E-state index contributed by atoms with van der Waals surface area (Å²) < 4.78 is 19.4. The third kappa shape index (κ3) is 5.06. The molecule has 3 nitrogen and oxygen atoms in total. The number of rotatable bonds is 7. The van der Waals surface area contributed by atoms with Crippen LogP contribution in [0.15, 0.2) is 18.2 Å². The lowest BCUT2D eigenvalue weighted by Gasteiger charge is -2.23. The fourth-order valence-corrected chi connectivity index (χ4v) is 2.63. The molecule has 1 N–H and O–H groups in total. The van der Waals surface area contributed by atoms with E-state index >= 15 is 0 Å². The molecule has 1 aliphatic heterocycles. The van der Waals surface area contributed by atoms with Crippen molar-refractivity contribution < 1.29 is 9.13 Å². The summed E-state index contributed by atoms with van der Waals surface area (Å²) in [4.78, 5) is 2.19. The van der Waals surface area contributed by atoms with Crippen LogP contribution in [0.2, 0.25) is 0 Å². The Hall–Kier alpha value is -0.970. The minimum Gasteiger partial charge on any atom is -0.380 e. The maximum atomic E-state index is 14.0. The normalized spacial score (nSPS) is 18.9. The van der Waals surface area contributed by atoms with Crippen LogP contribution in [0.1, 0.15) is 31.4 Å². The number of hydrogen-bond acceptors (Lipinski definition) is 3. The summed E-state index contributed by atoms with van der Waals surface area (Å²) in [7, 11) is 2.04. The van der Waals surface area contributed by atoms with E-state index in [-0.39, 0.29) is 5.82 Å². The predicted molar refractivity (Wildman–Crippen MR) is 83.6 cm³/mol. The molecule has 118 valence electrons. The highest BCUT2D eigenvalue weighted by molar-refractivity contribution is 5.25. The molecule has 1 saturated heterocycles. The predicted octanol–water partition coefficient (Wildman–Crippen LogP) is 2.79. The summed E-state index contributed by atoms with van der Waals surface area (Å²) in [5, 5.41) is 3.40. The first-order chi connectivity index (χ1) is 10.1. The Morgan fingerprint density at radius 3 is 2.90 bits per heavy atom. The summed E-state index contributed by atoms with van der Waals surface area (Å²) in [6.45, 7) is 8.35. The number of halogens is 1. The summed E-state index contributed by atoms with van der Waals surface area (Å²) >= 11 is 0. The van der Waals surface area contributed by atoms with Gasteiger partial charge >= 0.3 is 0 Å². The van der Waals surface area contributed by atoms with Gasteiger partial charge in [-0.05, 0) is 37.6 Å². The number of likely N-dealkylation sites (N-methyl/N-ethyl adjacent to an activating group) is 1. The van der Waals surface area contributed by atoms with Crippen molar-refractivity contribution in [3.05, 3.63) is 35.1 Å². The number of nitrogens with zero attached hydrogens (tertiary/aromatic N) is 1. The molecule has 0 aromatic heterocycles. The van der Waals surface area contributed by atoms with E-state index in [4.69, 9.17) is 4.74 Å². The van der Waals surface area contributed by atoms with E-state index in [1.807, 2.05) is 19.2 Å². The minimum absolute atomic E-state index is 0.117. The monoisotopic (exact) mass is 294 g/mol. The minimum atomic E-state index is -0.117. The Labute approximate surface area is 127 Å². The van der Waals surface area contributed by atoms with Crippen LogP contribution in [0.3, 0.4) is 0 Å². The summed E-state index contributed by atoms with van der Waals surface area (Å²) in [5.74, 6) is 0.506. The zero-order valence-corrected chi connectivity index (χ0v) is 13.4. The van der Waals surface area contributed by atoms with Gasteiger partial charge in [-0.2, -0.15) is 0 Å². The molecular formula is C17H27FN2O. The average molecular weight is 294 g/mol. The number of ether oxygens (including phenoxy) is 1. The highest BCUT2D eigenvalue weighted by Gasteiger charge is 2.21. The Bertz CT molecular complexity index is 444.